The van der Waals surface area contributed by atoms with Crippen LogP contribution >= 0.6 is 22.7 Å². The van der Waals surface area contributed by atoms with Crippen molar-refractivity contribution in [1.82, 2.24) is 9.13 Å². The average Bonchev–Trinajstić information content (AvgIpc) is 1.17. The molecule has 0 amide bonds. The third-order valence-corrected chi connectivity index (χ3v) is 28.3. The van der Waals surface area contributed by atoms with Crippen LogP contribution in [0.5, 0.6) is 0 Å². The summed E-state index contributed by atoms with van der Waals surface area (Å²) < 4.78 is 10.2. The Hall–Kier alpha value is -14.5. The molecule has 24 aromatic rings. The van der Waals surface area contributed by atoms with Crippen molar-refractivity contribution in [3.63, 3.8) is 0 Å². The summed E-state index contributed by atoms with van der Waals surface area (Å²) in [5.74, 6) is 0. The van der Waals surface area contributed by atoms with Gasteiger partial charge >= 0.3 is 0 Å². The van der Waals surface area contributed by atoms with Crippen LogP contribution in [0.1, 0.15) is 52.7 Å². The summed E-state index contributed by atoms with van der Waals surface area (Å²) in [6, 6.07) is 153. The van der Waals surface area contributed by atoms with Gasteiger partial charge in [-0.3, -0.25) is 0 Å². The van der Waals surface area contributed by atoms with Crippen LogP contribution < -0.4 is 0 Å². The Labute approximate surface area is 729 Å². The maximum atomic E-state index is 2.46. The first-order valence-corrected chi connectivity index (χ1v) is 44.8. The molecular formula is C120H86N2S2. The fourth-order valence-electron chi connectivity index (χ4n) is 19.8. The van der Waals surface area contributed by atoms with Gasteiger partial charge in [-0.05, 0) is 258 Å². The zero-order valence-corrected chi connectivity index (χ0v) is 71.6. The van der Waals surface area contributed by atoms with Gasteiger partial charge in [0, 0.05) is 78.8 Å². The van der Waals surface area contributed by atoms with E-state index in [9.17, 15) is 0 Å². The zero-order chi connectivity index (χ0) is 83.1. The highest BCUT2D eigenvalue weighted by molar-refractivity contribution is 7.26. The highest BCUT2D eigenvalue weighted by atomic mass is 32.1. The maximum absolute atomic E-state index is 2.46. The van der Waals surface area contributed by atoms with Crippen LogP contribution in [-0.2, 0) is 10.8 Å². The molecule has 0 saturated heterocycles. The lowest BCUT2D eigenvalue weighted by Crippen LogP contribution is -2.11. The van der Waals surface area contributed by atoms with Gasteiger partial charge in [-0.25, -0.2) is 0 Å². The number of rotatable bonds is 10. The van der Waals surface area contributed by atoms with Gasteiger partial charge in [0.25, 0.3) is 0 Å². The molecule has 0 fully saturated rings. The van der Waals surface area contributed by atoms with E-state index in [4.69, 9.17) is 0 Å². The van der Waals surface area contributed by atoms with E-state index < -0.39 is 0 Å². The van der Waals surface area contributed by atoms with Gasteiger partial charge in [-0.1, -0.05) is 345 Å². The predicted octanol–water partition coefficient (Wildman–Crippen LogP) is 34.8. The Kier molecular flexibility index (Phi) is 17.8. The summed E-state index contributed by atoms with van der Waals surface area (Å²) >= 11 is 3.82. The number of thiophene rings is 2. The number of fused-ring (bicyclic) bond motifs is 16. The summed E-state index contributed by atoms with van der Waals surface area (Å²) in [4.78, 5) is 0. The molecule has 0 aliphatic heterocycles. The van der Waals surface area contributed by atoms with Crippen molar-refractivity contribution in [2.75, 3.05) is 0 Å². The van der Waals surface area contributed by atoms with E-state index in [2.05, 4.69) is 463 Å². The highest BCUT2D eigenvalue weighted by Gasteiger charge is 2.26. The molecule has 0 atom stereocenters. The lowest BCUT2D eigenvalue weighted by Gasteiger charge is -2.21. The highest BCUT2D eigenvalue weighted by Crippen LogP contribution is 2.51. The summed E-state index contributed by atoms with van der Waals surface area (Å²) in [6.45, 7) is 13.9. The van der Waals surface area contributed by atoms with Crippen LogP contribution in [0.15, 0.2) is 413 Å². The van der Waals surface area contributed by atoms with Crippen LogP contribution in [0.25, 0.3) is 227 Å². The zero-order valence-electron chi connectivity index (χ0n) is 70.0. The first-order valence-electron chi connectivity index (χ1n) is 43.2. The molecule has 0 radical (unpaired) electrons. The van der Waals surface area contributed by atoms with Crippen molar-refractivity contribution >= 4 is 150 Å². The van der Waals surface area contributed by atoms with Crippen LogP contribution in [0.2, 0.25) is 0 Å². The minimum atomic E-state index is 0.00757. The Morgan fingerprint density at radius 2 is 0.460 bits per heavy atom. The Morgan fingerprint density at radius 3 is 0.863 bits per heavy atom. The molecule has 4 aromatic heterocycles. The van der Waals surface area contributed by atoms with E-state index in [-0.39, 0.29) is 10.8 Å². The molecule has 0 aliphatic rings. The van der Waals surface area contributed by atoms with Crippen LogP contribution in [0.3, 0.4) is 0 Å². The number of nitrogens with zero attached hydrogens (tertiary/aromatic N) is 2. The van der Waals surface area contributed by atoms with Crippen LogP contribution in [0.4, 0.5) is 0 Å². The number of hydrogen-bond acceptors (Lipinski definition) is 2. The molecule has 20 aromatic carbocycles. The monoisotopic (exact) mass is 1620 g/mol. The molecule has 2 nitrogen and oxygen atoms in total. The minimum absolute atomic E-state index is 0.00757. The largest absolute Gasteiger partial charge is 0.309 e. The average molecular weight is 1620 g/mol. The van der Waals surface area contributed by atoms with E-state index >= 15 is 0 Å². The number of para-hydroxylation sites is 2. The standard InChI is InChI=1S/C62H39NS.C58H47NS/c1-4-16-40(17-5-1)44-31-35-59-55(36-44)56-39-46(41-18-6-2-7-19-41)38-53(62(56)64-59)45-30-34-58-54(37-45)48-22-14-15-27-57(48)63(58)47-32-28-43(29-33-47)61-51-25-12-10-23-49(51)60(42-20-8-3-9-21-42)50-24-11-13-26-52(50)61;1-57(2,3)39-27-31-53-49(33-39)50-35-40(58(4,5)6)34-47(56(50)60-53)38-26-30-52-48(32-38)42-18-14-15-23-51(42)59(52)41-28-24-37(25-29-41)55-45-21-12-10-19-43(45)54(36-16-8-7-9-17-36)44-20-11-13-22-46(44)55/h1-39H;7-35H,1-6H3. The summed E-state index contributed by atoms with van der Waals surface area (Å²) in [6.07, 6.45) is 0. The quantitative estimate of drug-likeness (QED) is 0.121. The van der Waals surface area contributed by atoms with Crippen molar-refractivity contribution in [3.8, 4) is 100 Å². The molecule has 0 saturated carbocycles. The van der Waals surface area contributed by atoms with Crippen LogP contribution in [0, 0.1) is 0 Å². The molecular weight excluding hydrogens is 1530 g/mol. The number of aromatic nitrogens is 2. The third-order valence-electron chi connectivity index (χ3n) is 25.9. The van der Waals surface area contributed by atoms with Crippen molar-refractivity contribution in [1.29, 1.82) is 0 Å². The van der Waals surface area contributed by atoms with Gasteiger partial charge in [0.15, 0.2) is 0 Å². The van der Waals surface area contributed by atoms with Gasteiger partial charge in [-0.15, -0.1) is 22.7 Å². The first-order chi connectivity index (χ1) is 60.8. The molecule has 124 heavy (non-hydrogen) atoms. The number of benzene rings is 20. The fourth-order valence-corrected chi connectivity index (χ4v) is 22.2. The smallest absolute Gasteiger partial charge is 0.0541 e. The molecule has 24 rings (SSSR count). The predicted molar refractivity (Wildman–Crippen MR) is 538 cm³/mol. The van der Waals surface area contributed by atoms with Gasteiger partial charge in [-0.2, -0.15) is 0 Å². The molecule has 4 heterocycles. The van der Waals surface area contributed by atoms with E-state index in [0.29, 0.717) is 0 Å². The lowest BCUT2D eigenvalue weighted by atomic mass is 9.83. The van der Waals surface area contributed by atoms with E-state index in [1.54, 1.807) is 0 Å². The second kappa shape index (κ2) is 29.7. The molecule has 4 heteroatoms. The topological polar surface area (TPSA) is 9.86 Å². The van der Waals surface area contributed by atoms with Gasteiger partial charge in [0.2, 0.25) is 0 Å². The Morgan fingerprint density at radius 1 is 0.177 bits per heavy atom. The van der Waals surface area contributed by atoms with Crippen molar-refractivity contribution < 1.29 is 0 Å². The summed E-state index contributed by atoms with van der Waals surface area (Å²) in [7, 11) is 0. The second-order valence-electron chi connectivity index (χ2n) is 35.3. The molecule has 0 unspecified atom stereocenters. The summed E-state index contributed by atoms with van der Waals surface area (Å²) in [5, 5.41) is 20.5. The van der Waals surface area contributed by atoms with E-state index in [0.717, 1.165) is 11.4 Å². The van der Waals surface area contributed by atoms with Gasteiger partial charge in [0.05, 0.1) is 22.1 Å². The third kappa shape index (κ3) is 12.6. The van der Waals surface area contributed by atoms with Gasteiger partial charge < -0.3 is 9.13 Å². The maximum Gasteiger partial charge on any atom is 0.0541 e. The van der Waals surface area contributed by atoms with Gasteiger partial charge in [0.1, 0.15) is 0 Å². The lowest BCUT2D eigenvalue weighted by molar-refractivity contribution is 0.590. The van der Waals surface area contributed by atoms with Crippen LogP contribution in [-0.4, -0.2) is 9.13 Å². The molecule has 0 bridgehead atoms. The fraction of sp³-hybridized carbons (Fsp3) is 0.0667. The molecule has 588 valence electrons. The van der Waals surface area contributed by atoms with E-state index in [1.165, 1.54) is 227 Å². The van der Waals surface area contributed by atoms with Crippen molar-refractivity contribution in [2.24, 2.45) is 0 Å². The molecule has 0 spiro atoms. The van der Waals surface area contributed by atoms with Crippen molar-refractivity contribution in [2.45, 2.75) is 52.4 Å². The number of hydrogen-bond donors (Lipinski definition) is 0. The second-order valence-corrected chi connectivity index (χ2v) is 37.4. The van der Waals surface area contributed by atoms with Crippen molar-refractivity contribution in [3.05, 3.63) is 424 Å². The normalized spacial score (nSPS) is 12.1. The SMILES string of the molecule is CC(C)(C)c1ccc2sc3c(-c4ccc5c(c4)c4ccccc4n5-c4ccc(-c5c6ccccc6c(-c6ccccc6)c6ccccc56)cc4)cc(C(C)(C)C)cc3c2c1.c1ccc(-c2ccc3sc4c(-c5ccc6c(c5)c5ccccc5n6-c5ccc(-c6c7ccccc7c(-c7ccccc7)c7ccccc67)cc5)cc(-c5ccccc5)cc4c3c2)cc1. The minimum Gasteiger partial charge on any atom is -0.309 e. The van der Waals surface area contributed by atoms with E-state index in [1.807, 2.05) is 22.7 Å². The molecule has 0 N–H and O–H groups in total. The summed E-state index contributed by atoms with van der Waals surface area (Å²) in [5.41, 5.74) is 30.0. The molecule has 0 aliphatic carbocycles. The Balaban J connectivity index is 0.000000144. The first kappa shape index (κ1) is 74.5. The Bertz CT molecular complexity index is 8260.